The van der Waals surface area contributed by atoms with E-state index in [4.69, 9.17) is 26.8 Å². The molecular formula is C30H19NOS103. The number of furan rings is 1. The van der Waals surface area contributed by atoms with E-state index in [2.05, 4.69) is 102 Å². The number of benzene rings is 5. The van der Waals surface area contributed by atoms with Gasteiger partial charge in [-0.05, 0) is 47.0 Å². The van der Waals surface area contributed by atoms with E-state index in [1.165, 1.54) is 39.7 Å². The molecule has 2 aromatic heterocycles. The van der Waals surface area contributed by atoms with Crippen LogP contribution in [0.1, 0.15) is 0 Å². The van der Waals surface area contributed by atoms with E-state index in [1.807, 2.05) is 785 Å². The summed E-state index contributed by atoms with van der Waals surface area (Å²) in [5, 5.41) is 4.77. The first kappa shape index (κ1) is 142. The molecule has 2 nitrogen and oxygen atoms in total. The SMILES string of the molecule is S=S=S=S=S=S=S=S=S=S=S=S=S=S=S=S=S=S=S=S=S=S=S=S=S=S=S=S=S=S=S=S=S=S=S=S=S=S=S=S=S=S=S=S=S=S=S=S=S=S=S=S=S=S=S=S=S=S=S=S=S=S=S=S=S=S=S=S=S=S=S=S=S=S=S=S=S=S=S=S=S=S=S=S=S=S=S=S=S=S=S=S=S=S=S=S=S=S=S=S=S=S=S.c1ccc(-c2ccc3[nH]c4ccc(-c5cccc6c5oc5ccccc56)cc4c3c2)cc1. The fraction of sp³-hybridized carbons (Fsp3) is 0. The summed E-state index contributed by atoms with van der Waals surface area (Å²) in [6, 6.07) is 38.5. The van der Waals surface area contributed by atoms with Crippen molar-refractivity contribution in [2.24, 2.45) is 0 Å². The van der Waals surface area contributed by atoms with Gasteiger partial charge in [0, 0.05) is 957 Å². The molecule has 0 saturated heterocycles. The molecule has 135 heavy (non-hydrogen) atoms. The van der Waals surface area contributed by atoms with Crippen molar-refractivity contribution < 1.29 is 4.42 Å². The maximum absolute atomic E-state index is 6.29. The Hall–Kier alpha value is 18.4. The molecule has 0 aliphatic carbocycles. The van der Waals surface area contributed by atoms with Crippen LogP contribution in [0.3, 0.4) is 0 Å². The van der Waals surface area contributed by atoms with Gasteiger partial charge in [-0.25, -0.2) is 0 Å². The third-order valence-corrected chi connectivity index (χ3v) is 231. The van der Waals surface area contributed by atoms with E-state index >= 15 is 0 Å². The van der Waals surface area contributed by atoms with Crippen molar-refractivity contribution in [2.75, 3.05) is 0 Å². The van der Waals surface area contributed by atoms with Gasteiger partial charge in [-0.1, -0.05) is 78.9 Å². The van der Waals surface area contributed by atoms with Crippen molar-refractivity contribution in [3.8, 4) is 22.3 Å². The van der Waals surface area contributed by atoms with E-state index in [-0.39, 0.29) is 0 Å². The molecule has 105 heteroatoms. The van der Waals surface area contributed by atoms with Crippen molar-refractivity contribution in [1.29, 1.82) is 0 Å². The van der Waals surface area contributed by atoms with Crippen LogP contribution in [-0.4, -0.2) is 4.98 Å². The monoisotopic (exact) mass is 3700 g/mol. The van der Waals surface area contributed by atoms with Crippen molar-refractivity contribution >= 4 is 963 Å². The van der Waals surface area contributed by atoms with Crippen molar-refractivity contribution in [3.05, 3.63) is 109 Å². The summed E-state index contributed by atoms with van der Waals surface area (Å²) in [5.41, 5.74) is 8.90. The predicted octanol–water partition coefficient (Wildman–Crippen LogP) is 8.31. The zero-order valence-electron chi connectivity index (χ0n) is 59.4. The Balaban J connectivity index is 0.000000711. The first-order chi connectivity index (χ1) is 67.3. The molecule has 0 aliphatic rings. The molecule has 0 bridgehead atoms. The van der Waals surface area contributed by atoms with Gasteiger partial charge in [0.2, 0.25) is 0 Å². The molecule has 1 N–H and O–H groups in total. The first-order valence-electron chi connectivity index (χ1n) is 27.9. The van der Waals surface area contributed by atoms with Crippen LogP contribution in [0.5, 0.6) is 0 Å². The highest BCUT2D eigenvalue weighted by atomic mass is 33.6. The number of para-hydroxylation sites is 2. The lowest BCUT2D eigenvalue weighted by Crippen LogP contribution is -1.80. The first-order valence-corrected chi connectivity index (χ1v) is 164. The summed E-state index contributed by atoms with van der Waals surface area (Å²) >= 11 is 9.66. The third kappa shape index (κ3) is 85.0. The fourth-order valence-electron chi connectivity index (χ4n) is 5.97. The van der Waals surface area contributed by atoms with Crippen molar-refractivity contribution in [1.82, 2.24) is 4.98 Å². The number of hydrogen-bond donors (Lipinski definition) is 1. The Morgan fingerprint density at radius 3 is 0.556 bits per heavy atom. The minimum absolute atomic E-state index is 0.927. The van der Waals surface area contributed by atoms with Crippen LogP contribution < -0.4 is 0 Å². The van der Waals surface area contributed by atoms with Crippen molar-refractivity contribution in [2.45, 2.75) is 0 Å². The average molecular weight is 3710 g/mol. The van der Waals surface area contributed by atoms with E-state index in [0.717, 1.165) is 44.1 Å². The predicted molar refractivity (Wildman–Crippen MR) is 893 cm³/mol. The van der Waals surface area contributed by atoms with Gasteiger partial charge < -0.3 is 9.40 Å². The number of hydrogen-bond acceptors (Lipinski definition) is 3. The lowest BCUT2D eigenvalue weighted by Gasteiger charge is -2.04. The summed E-state index contributed by atoms with van der Waals surface area (Å²) in [4.78, 5) is 3.57. The number of aromatic amines is 1. The second-order valence-electron chi connectivity index (χ2n) is 15.2. The highest BCUT2D eigenvalue weighted by Crippen LogP contribution is 2.38. The molecule has 0 fully saturated rings. The number of H-pyrrole nitrogens is 1. The van der Waals surface area contributed by atoms with Crippen LogP contribution in [-0.2, 0) is 919 Å². The van der Waals surface area contributed by atoms with Gasteiger partial charge in [0.25, 0.3) is 0 Å². The van der Waals surface area contributed by atoms with Gasteiger partial charge in [-0.15, -0.1) is 0 Å². The molecule has 0 unspecified atom stereocenters. The maximum atomic E-state index is 6.29. The van der Waals surface area contributed by atoms with Gasteiger partial charge in [-0.3, -0.25) is 0 Å². The highest BCUT2D eigenvalue weighted by molar-refractivity contribution is 8.88. The summed E-state index contributed by atoms with van der Waals surface area (Å²) in [6.45, 7) is 0. The molecular weight excluding hydrogens is 3690 g/mol. The Kier molecular flexibility index (Phi) is 119. The molecule has 0 spiro atoms. The van der Waals surface area contributed by atoms with Gasteiger partial charge in [0.05, 0.1) is 0 Å². The van der Waals surface area contributed by atoms with Gasteiger partial charge in [0.1, 0.15) is 11.2 Å². The van der Waals surface area contributed by atoms with Gasteiger partial charge in [0.15, 0.2) is 0 Å². The van der Waals surface area contributed by atoms with Crippen molar-refractivity contribution in [3.63, 3.8) is 0 Å². The Morgan fingerprint density at radius 2 is 0.333 bits per heavy atom. The average Bonchev–Trinajstić information content (AvgIpc) is 1.60. The van der Waals surface area contributed by atoms with E-state index < -0.39 is 0 Å². The maximum Gasteiger partial charge on any atom is 0.143 e. The Labute approximate surface area is 1070 Å². The number of rotatable bonds is 2. The number of fused-ring (bicyclic) bond motifs is 6. The minimum atomic E-state index is 0.927. The van der Waals surface area contributed by atoms with E-state index in [0.29, 0.717) is 0 Å². The smallest absolute Gasteiger partial charge is 0.143 e. The largest absolute Gasteiger partial charge is 0.455 e. The van der Waals surface area contributed by atoms with Crippen LogP contribution >= 0.6 is 0 Å². The standard InChI is InChI=1S/C30H19NO.S103/c1-2-7-19(8-3-1)20-13-15-27-25(17-20)26-18-21(14-16-28(26)31-27)22-10-6-11-24-23-9-4-5-12-29(23)32-30(22)24;1-3-5-7-9-11-13-15-17-19-21-23-25-27-29-31-33-35-37-39-41-43-45-47-49-51-53-55-57-59-61-63-65-67-69-71-73-75-77-79-81-83-85-87-89-91-93-95-97-99-101-103-102-100-98-96-94-92-90-88-86-84-82-80-78-76-74-72-70-68-66-64-62-60-58-56-54-52-50-48-46-44-42-40-38-36-34-32-30-28-26-24-22-20-18-16-14-12-10-8-6-4-2/h1-18,31H;. The lowest BCUT2D eigenvalue weighted by atomic mass is 9.99. The summed E-state index contributed by atoms with van der Waals surface area (Å²) in [5.74, 6) is 0. The molecule has 2 heterocycles. The molecule has 7 rings (SSSR count). The Morgan fingerprint density at radius 1 is 0.148 bits per heavy atom. The molecule has 0 amide bonds. The van der Waals surface area contributed by atoms with E-state index in [1.54, 1.807) is 107 Å². The minimum Gasteiger partial charge on any atom is -0.455 e. The van der Waals surface area contributed by atoms with Gasteiger partial charge >= 0.3 is 0 Å². The summed E-state index contributed by atoms with van der Waals surface area (Å²) in [6.07, 6.45) is 0. The fourth-order valence-corrected chi connectivity index (χ4v) is 278. The number of nitrogens with one attached hydrogen (secondary N) is 1. The van der Waals surface area contributed by atoms with Crippen LogP contribution in [0, 0.1) is 0 Å². The molecule has 0 radical (unpaired) electrons. The van der Waals surface area contributed by atoms with Crippen LogP contribution in [0.4, 0.5) is 0 Å². The summed E-state index contributed by atoms with van der Waals surface area (Å²) in [7, 11) is 183. The molecule has 0 saturated carbocycles. The molecule has 0 atom stereocenters. The van der Waals surface area contributed by atoms with Gasteiger partial charge in [-0.2, -0.15) is 0 Å². The third-order valence-electron chi connectivity index (χ3n) is 9.20. The zero-order valence-corrected chi connectivity index (χ0v) is 143. The second-order valence-corrected chi connectivity index (χ2v) is 194. The highest BCUT2D eigenvalue weighted by Gasteiger charge is 2.14. The summed E-state index contributed by atoms with van der Waals surface area (Å²) < 4.78 is 6.29. The Bertz CT molecular complexity index is 10600. The molecule has 768 valence electrons. The quantitative estimate of drug-likeness (QED) is 0.189. The van der Waals surface area contributed by atoms with Crippen LogP contribution in [0.15, 0.2) is 114 Å². The lowest BCUT2D eigenvalue weighted by molar-refractivity contribution is 0.670. The molecule has 0 aliphatic heterocycles. The zero-order chi connectivity index (χ0) is 94.5. The molecule has 7 aromatic rings. The van der Waals surface area contributed by atoms with E-state index in [9.17, 15) is 0 Å². The normalized spacial score (nSPS) is 8.80. The van der Waals surface area contributed by atoms with Crippen LogP contribution in [0.25, 0.3) is 66.0 Å². The topological polar surface area (TPSA) is 28.9 Å². The van der Waals surface area contributed by atoms with Crippen LogP contribution in [0.2, 0.25) is 0 Å². The number of aromatic nitrogens is 1. The second kappa shape index (κ2) is 114. The molecule has 5 aromatic carbocycles.